The van der Waals surface area contributed by atoms with Gasteiger partial charge in [0.05, 0.1) is 0 Å². The van der Waals surface area contributed by atoms with Gasteiger partial charge in [-0.25, -0.2) is 18.2 Å². The summed E-state index contributed by atoms with van der Waals surface area (Å²) < 4.78 is 40.0. The Labute approximate surface area is 175 Å². The Morgan fingerprint density at radius 2 is 1.70 bits per heavy atom. The molecule has 1 aliphatic rings. The minimum atomic E-state index is -1.48. The van der Waals surface area contributed by atoms with Crippen molar-refractivity contribution in [3.8, 4) is 0 Å². The van der Waals surface area contributed by atoms with Crippen LogP contribution in [0.25, 0.3) is 0 Å². The number of rotatable bonds is 5. The molecule has 0 spiro atoms. The maximum absolute atomic E-state index is 13.4. The highest BCUT2D eigenvalue weighted by atomic mass is 127. The molecule has 1 saturated carbocycles. The van der Waals surface area contributed by atoms with Crippen molar-refractivity contribution < 1.29 is 18.0 Å². The summed E-state index contributed by atoms with van der Waals surface area (Å²) in [7, 11) is 5.01. The van der Waals surface area contributed by atoms with Crippen molar-refractivity contribution in [2.75, 3.05) is 27.7 Å². The molecule has 1 amide bonds. The quantitative estimate of drug-likeness (QED) is 0.294. The largest absolute Gasteiger partial charge is 0.353 e. The predicted octanol–water partition coefficient (Wildman–Crippen LogP) is 3.13. The number of likely N-dealkylation sites (N-methyl/N-ethyl adjacent to an activating group) is 1. The molecule has 1 N–H and O–H groups in total. The Balaban J connectivity index is 0.00000364. The number of hydrogen-bond donors (Lipinski definition) is 1. The van der Waals surface area contributed by atoms with Crippen molar-refractivity contribution in [2.24, 2.45) is 4.99 Å². The van der Waals surface area contributed by atoms with Crippen LogP contribution in [-0.2, 0) is 11.3 Å². The molecule has 1 fully saturated rings. The Kier molecular flexibility index (Phi) is 9.34. The Bertz CT molecular complexity index is 656. The summed E-state index contributed by atoms with van der Waals surface area (Å²) in [5, 5.41) is 3.31. The third-order valence-corrected chi connectivity index (χ3v) is 4.38. The van der Waals surface area contributed by atoms with Crippen LogP contribution in [0.5, 0.6) is 0 Å². The Morgan fingerprint density at radius 1 is 1.15 bits per heavy atom. The standard InChI is InChI=1S/C18H25F3N4O.HI/c1-24(2)16(26)10-22-18(23-13-6-4-5-7-13)25(3)11-12-8-14(19)17(21)15(20)9-12;/h8-9,13H,4-7,10-11H2,1-3H3,(H,22,23);1H. The second-order valence-corrected chi connectivity index (χ2v) is 6.78. The average molecular weight is 498 g/mol. The highest BCUT2D eigenvalue weighted by Crippen LogP contribution is 2.19. The maximum Gasteiger partial charge on any atom is 0.243 e. The monoisotopic (exact) mass is 498 g/mol. The topological polar surface area (TPSA) is 47.9 Å². The number of nitrogens with one attached hydrogen (secondary N) is 1. The maximum atomic E-state index is 13.4. The molecule has 0 unspecified atom stereocenters. The van der Waals surface area contributed by atoms with Crippen LogP contribution in [0.2, 0.25) is 0 Å². The first-order chi connectivity index (χ1) is 12.3. The molecule has 9 heteroatoms. The van der Waals surface area contributed by atoms with Gasteiger partial charge in [0.1, 0.15) is 6.54 Å². The second kappa shape index (κ2) is 10.7. The van der Waals surface area contributed by atoms with E-state index in [1.807, 2.05) is 0 Å². The van der Waals surface area contributed by atoms with Crippen LogP contribution in [-0.4, -0.2) is 55.4 Å². The van der Waals surface area contributed by atoms with Gasteiger partial charge in [-0.3, -0.25) is 4.79 Å². The van der Waals surface area contributed by atoms with Gasteiger partial charge in [-0.15, -0.1) is 24.0 Å². The average Bonchev–Trinajstić information content (AvgIpc) is 3.08. The van der Waals surface area contributed by atoms with Gasteiger partial charge < -0.3 is 15.1 Å². The number of hydrogen-bond acceptors (Lipinski definition) is 2. The van der Waals surface area contributed by atoms with E-state index < -0.39 is 17.5 Å². The SMILES string of the molecule is CN(C)C(=O)CN=C(NC1CCCC1)N(C)Cc1cc(F)c(F)c(F)c1.I. The molecular weight excluding hydrogens is 472 g/mol. The van der Waals surface area contributed by atoms with Crippen molar-refractivity contribution in [2.45, 2.75) is 38.3 Å². The van der Waals surface area contributed by atoms with E-state index in [1.54, 1.807) is 26.0 Å². The highest BCUT2D eigenvalue weighted by molar-refractivity contribution is 14.0. The molecule has 1 aromatic carbocycles. The lowest BCUT2D eigenvalue weighted by Crippen LogP contribution is -2.43. The van der Waals surface area contributed by atoms with Crippen LogP contribution in [0.15, 0.2) is 17.1 Å². The van der Waals surface area contributed by atoms with Gasteiger partial charge in [0, 0.05) is 33.7 Å². The molecule has 1 aliphatic carbocycles. The molecule has 0 saturated heterocycles. The summed E-state index contributed by atoms with van der Waals surface area (Å²) in [4.78, 5) is 19.3. The summed E-state index contributed by atoms with van der Waals surface area (Å²) >= 11 is 0. The summed E-state index contributed by atoms with van der Waals surface area (Å²) in [5.41, 5.74) is 0.281. The predicted molar refractivity (Wildman–Crippen MR) is 110 cm³/mol. The van der Waals surface area contributed by atoms with Crippen LogP contribution in [0.4, 0.5) is 13.2 Å². The lowest BCUT2D eigenvalue weighted by atomic mass is 10.2. The molecule has 0 radical (unpaired) electrons. The molecule has 2 rings (SSSR count). The van der Waals surface area contributed by atoms with E-state index >= 15 is 0 Å². The van der Waals surface area contributed by atoms with E-state index in [2.05, 4.69) is 10.3 Å². The van der Waals surface area contributed by atoms with E-state index in [1.165, 1.54) is 4.90 Å². The van der Waals surface area contributed by atoms with Gasteiger partial charge in [-0.05, 0) is 30.5 Å². The van der Waals surface area contributed by atoms with Crippen molar-refractivity contribution in [1.82, 2.24) is 15.1 Å². The second-order valence-electron chi connectivity index (χ2n) is 6.78. The first-order valence-corrected chi connectivity index (χ1v) is 8.63. The fourth-order valence-corrected chi connectivity index (χ4v) is 2.86. The molecule has 0 aliphatic heterocycles. The molecule has 152 valence electrons. The number of carbonyl (C=O) groups is 1. The van der Waals surface area contributed by atoms with Crippen LogP contribution in [0.1, 0.15) is 31.2 Å². The zero-order valence-electron chi connectivity index (χ0n) is 15.8. The Morgan fingerprint density at radius 3 is 2.22 bits per heavy atom. The number of aliphatic imine (C=N–C) groups is 1. The third-order valence-electron chi connectivity index (χ3n) is 4.38. The van der Waals surface area contributed by atoms with Gasteiger partial charge in [-0.1, -0.05) is 12.8 Å². The fraction of sp³-hybridized carbons (Fsp3) is 0.556. The van der Waals surface area contributed by atoms with Crippen molar-refractivity contribution in [3.63, 3.8) is 0 Å². The number of halogens is 4. The molecule has 27 heavy (non-hydrogen) atoms. The van der Waals surface area contributed by atoms with Gasteiger partial charge in [-0.2, -0.15) is 0 Å². The molecule has 0 aromatic heterocycles. The lowest BCUT2D eigenvalue weighted by molar-refractivity contribution is -0.127. The molecule has 1 aromatic rings. The van der Waals surface area contributed by atoms with E-state index in [4.69, 9.17) is 0 Å². The van der Waals surface area contributed by atoms with Crippen LogP contribution in [0, 0.1) is 17.5 Å². The molecule has 0 bridgehead atoms. The fourth-order valence-electron chi connectivity index (χ4n) is 2.86. The molecule has 0 atom stereocenters. The van der Waals surface area contributed by atoms with E-state index in [0.29, 0.717) is 5.96 Å². The van der Waals surface area contributed by atoms with Crippen LogP contribution in [0.3, 0.4) is 0 Å². The van der Waals surface area contributed by atoms with E-state index in [9.17, 15) is 18.0 Å². The highest BCUT2D eigenvalue weighted by Gasteiger charge is 2.19. The minimum Gasteiger partial charge on any atom is -0.353 e. The molecule has 0 heterocycles. The van der Waals surface area contributed by atoms with Crippen LogP contribution < -0.4 is 5.32 Å². The van der Waals surface area contributed by atoms with Crippen LogP contribution >= 0.6 is 24.0 Å². The van der Waals surface area contributed by atoms with Crippen molar-refractivity contribution in [1.29, 1.82) is 0 Å². The number of benzene rings is 1. The number of amides is 1. The third kappa shape index (κ3) is 6.86. The van der Waals surface area contributed by atoms with Crippen molar-refractivity contribution >= 4 is 35.8 Å². The normalized spacial score (nSPS) is 14.7. The summed E-state index contributed by atoms with van der Waals surface area (Å²) in [5.74, 6) is -3.59. The zero-order valence-corrected chi connectivity index (χ0v) is 18.1. The van der Waals surface area contributed by atoms with Crippen molar-refractivity contribution in [3.05, 3.63) is 35.1 Å². The van der Waals surface area contributed by atoms with Gasteiger partial charge in [0.2, 0.25) is 5.91 Å². The summed E-state index contributed by atoms with van der Waals surface area (Å²) in [6.45, 7) is 0.0986. The first kappa shape index (κ1) is 23.5. The smallest absolute Gasteiger partial charge is 0.243 e. The summed E-state index contributed by atoms with van der Waals surface area (Å²) in [6.07, 6.45) is 4.27. The number of guanidine groups is 1. The summed E-state index contributed by atoms with van der Waals surface area (Å²) in [6, 6.07) is 2.19. The van der Waals surface area contributed by atoms with E-state index in [-0.39, 0.29) is 54.6 Å². The molecule has 5 nitrogen and oxygen atoms in total. The van der Waals surface area contributed by atoms with E-state index in [0.717, 1.165) is 37.8 Å². The zero-order chi connectivity index (χ0) is 19.3. The van der Waals surface area contributed by atoms with Gasteiger partial charge in [0.25, 0.3) is 0 Å². The first-order valence-electron chi connectivity index (χ1n) is 8.63. The molecular formula is C18H26F3IN4O. The van der Waals surface area contributed by atoms with Gasteiger partial charge >= 0.3 is 0 Å². The number of nitrogens with zero attached hydrogens (tertiary/aromatic N) is 3. The Hall–Kier alpha value is -1.52. The lowest BCUT2D eigenvalue weighted by Gasteiger charge is -2.25. The minimum absolute atomic E-state index is 0. The number of carbonyl (C=O) groups excluding carboxylic acids is 1. The van der Waals surface area contributed by atoms with Gasteiger partial charge in [0.15, 0.2) is 23.4 Å².